The van der Waals surface area contributed by atoms with Crippen molar-refractivity contribution >= 4 is 44.8 Å². The zero-order valence-electron chi connectivity index (χ0n) is 9.98. The normalized spacial score (nSPS) is 11.6. The lowest BCUT2D eigenvalue weighted by Crippen LogP contribution is -2.23. The third-order valence-electron chi connectivity index (χ3n) is 2.46. The molecule has 0 aliphatic carbocycles. The summed E-state index contributed by atoms with van der Waals surface area (Å²) in [5.74, 6) is 0. The van der Waals surface area contributed by atoms with Crippen LogP contribution >= 0.6 is 34.8 Å². The number of hydrogen-bond acceptors (Lipinski definition) is 3. The second-order valence-corrected chi connectivity index (χ2v) is 6.86. The van der Waals surface area contributed by atoms with Crippen molar-refractivity contribution in [3.05, 3.63) is 57.3 Å². The molecule has 1 N–H and O–H groups in total. The lowest BCUT2D eigenvalue weighted by atomic mass is 10.2. The fourth-order valence-electron chi connectivity index (χ4n) is 1.41. The van der Waals surface area contributed by atoms with Gasteiger partial charge in [0.15, 0.2) is 0 Å². The largest absolute Gasteiger partial charge is 0.242 e. The van der Waals surface area contributed by atoms with Gasteiger partial charge in [0.25, 0.3) is 0 Å². The fourth-order valence-corrected chi connectivity index (χ4v) is 2.86. The smallest absolute Gasteiger partial charge is 0.242 e. The number of nitrogens with one attached hydrogen (secondary N) is 1. The molecule has 8 heteroatoms. The van der Waals surface area contributed by atoms with Crippen molar-refractivity contribution in [1.29, 1.82) is 0 Å². The van der Waals surface area contributed by atoms with Crippen molar-refractivity contribution in [3.8, 4) is 0 Å². The second-order valence-electron chi connectivity index (χ2n) is 3.89. The molecule has 1 heterocycles. The topological polar surface area (TPSA) is 59.1 Å². The first-order chi connectivity index (χ1) is 9.38. The Labute approximate surface area is 131 Å². The minimum absolute atomic E-state index is 0.0409. The Morgan fingerprint density at radius 2 is 1.75 bits per heavy atom. The van der Waals surface area contributed by atoms with E-state index in [4.69, 9.17) is 34.8 Å². The van der Waals surface area contributed by atoms with Crippen molar-refractivity contribution < 1.29 is 8.42 Å². The molecular formula is C12H9Cl3N2O2S. The first-order valence-corrected chi connectivity index (χ1v) is 8.05. The van der Waals surface area contributed by atoms with Crippen LogP contribution in [0.4, 0.5) is 0 Å². The number of hydrogen-bond donors (Lipinski definition) is 1. The summed E-state index contributed by atoms with van der Waals surface area (Å²) in [4.78, 5) is 3.67. The Morgan fingerprint density at radius 1 is 1.10 bits per heavy atom. The summed E-state index contributed by atoms with van der Waals surface area (Å²) in [6, 6.07) is 8.09. The van der Waals surface area contributed by atoms with Gasteiger partial charge in [-0.05, 0) is 23.8 Å². The summed E-state index contributed by atoms with van der Waals surface area (Å²) in [7, 11) is -3.70. The van der Waals surface area contributed by atoms with Crippen molar-refractivity contribution in [3.63, 3.8) is 0 Å². The van der Waals surface area contributed by atoms with Gasteiger partial charge in [-0.25, -0.2) is 18.1 Å². The summed E-state index contributed by atoms with van der Waals surface area (Å²) < 4.78 is 26.6. The van der Waals surface area contributed by atoms with Crippen LogP contribution in [0.1, 0.15) is 5.56 Å². The van der Waals surface area contributed by atoms with Gasteiger partial charge >= 0.3 is 0 Å². The fraction of sp³-hybridized carbons (Fsp3) is 0.0833. The van der Waals surface area contributed by atoms with Crippen molar-refractivity contribution in [2.24, 2.45) is 0 Å². The summed E-state index contributed by atoms with van der Waals surface area (Å²) in [6.07, 6.45) is 1.15. The Hall–Kier alpha value is -0.850. The number of aromatic nitrogens is 1. The molecule has 0 aliphatic rings. The van der Waals surface area contributed by atoms with Crippen molar-refractivity contribution in [1.82, 2.24) is 9.71 Å². The number of sulfonamides is 1. The maximum absolute atomic E-state index is 12.1. The third kappa shape index (κ3) is 3.84. The van der Waals surface area contributed by atoms with E-state index in [2.05, 4.69) is 9.71 Å². The lowest BCUT2D eigenvalue weighted by Gasteiger charge is -2.07. The molecule has 106 valence electrons. The van der Waals surface area contributed by atoms with Crippen LogP contribution in [-0.4, -0.2) is 13.4 Å². The van der Waals surface area contributed by atoms with Crippen LogP contribution in [0.2, 0.25) is 15.2 Å². The van der Waals surface area contributed by atoms with Gasteiger partial charge in [0.1, 0.15) is 10.0 Å². The highest BCUT2D eigenvalue weighted by Crippen LogP contribution is 2.22. The predicted octanol–water partition coefficient (Wildman–Crippen LogP) is 3.52. The molecule has 0 bridgehead atoms. The van der Waals surface area contributed by atoms with E-state index in [9.17, 15) is 8.42 Å². The first kappa shape index (κ1) is 15.5. The molecule has 20 heavy (non-hydrogen) atoms. The molecule has 0 atom stereocenters. The summed E-state index contributed by atoms with van der Waals surface area (Å²) >= 11 is 17.2. The van der Waals surface area contributed by atoms with Crippen molar-refractivity contribution in [2.75, 3.05) is 0 Å². The van der Waals surface area contributed by atoms with E-state index < -0.39 is 10.0 Å². The zero-order valence-corrected chi connectivity index (χ0v) is 13.1. The minimum Gasteiger partial charge on any atom is -0.242 e. The summed E-state index contributed by atoms with van der Waals surface area (Å²) in [6.45, 7) is 0.139. The van der Waals surface area contributed by atoms with Gasteiger partial charge in [-0.15, -0.1) is 0 Å². The molecule has 2 rings (SSSR count). The molecule has 0 fully saturated rings. The predicted molar refractivity (Wildman–Crippen MR) is 79.7 cm³/mol. The maximum Gasteiger partial charge on any atom is 0.242 e. The van der Waals surface area contributed by atoms with Gasteiger partial charge in [0, 0.05) is 17.8 Å². The molecule has 1 aromatic heterocycles. The monoisotopic (exact) mass is 350 g/mol. The average molecular weight is 352 g/mol. The van der Waals surface area contributed by atoms with Gasteiger partial charge < -0.3 is 0 Å². The highest BCUT2D eigenvalue weighted by Gasteiger charge is 2.15. The quantitative estimate of drug-likeness (QED) is 0.857. The molecule has 0 saturated carbocycles. The first-order valence-electron chi connectivity index (χ1n) is 5.43. The maximum atomic E-state index is 12.1. The standard InChI is InChI=1S/C12H9Cl3N2O2S/c13-9-3-1-8(2-4-9)6-17-20(18,19)10-5-11(14)12(15)16-7-10/h1-5,7,17H,6H2. The van der Waals surface area contributed by atoms with Crippen LogP contribution in [0.5, 0.6) is 0 Å². The number of benzene rings is 1. The van der Waals surface area contributed by atoms with Crippen LogP contribution in [0, 0.1) is 0 Å². The Bertz CT molecular complexity index is 718. The molecular weight excluding hydrogens is 343 g/mol. The van der Waals surface area contributed by atoms with E-state index >= 15 is 0 Å². The molecule has 4 nitrogen and oxygen atoms in total. The summed E-state index contributed by atoms with van der Waals surface area (Å²) in [5, 5.41) is 0.731. The second kappa shape index (κ2) is 6.28. The van der Waals surface area contributed by atoms with E-state index in [0.29, 0.717) is 5.02 Å². The zero-order chi connectivity index (χ0) is 14.8. The number of halogens is 3. The van der Waals surface area contributed by atoms with Crippen LogP contribution < -0.4 is 4.72 Å². The molecule has 2 aromatic rings. The SMILES string of the molecule is O=S(=O)(NCc1ccc(Cl)cc1)c1cnc(Cl)c(Cl)c1. The van der Waals surface area contributed by atoms with Crippen LogP contribution in [-0.2, 0) is 16.6 Å². The van der Waals surface area contributed by atoms with E-state index in [-0.39, 0.29) is 21.6 Å². The average Bonchev–Trinajstić information content (AvgIpc) is 2.41. The molecule has 0 radical (unpaired) electrons. The lowest BCUT2D eigenvalue weighted by molar-refractivity contribution is 0.581. The van der Waals surface area contributed by atoms with E-state index in [1.54, 1.807) is 24.3 Å². The van der Waals surface area contributed by atoms with Crippen molar-refractivity contribution in [2.45, 2.75) is 11.4 Å². The van der Waals surface area contributed by atoms with E-state index in [1.807, 2.05) is 0 Å². The molecule has 0 spiro atoms. The van der Waals surface area contributed by atoms with Crippen LogP contribution in [0.3, 0.4) is 0 Å². The summed E-state index contributed by atoms with van der Waals surface area (Å²) in [5.41, 5.74) is 0.783. The van der Waals surface area contributed by atoms with Crippen LogP contribution in [0.15, 0.2) is 41.4 Å². The van der Waals surface area contributed by atoms with Crippen LogP contribution in [0.25, 0.3) is 0 Å². The molecule has 0 unspecified atom stereocenters. The highest BCUT2D eigenvalue weighted by molar-refractivity contribution is 7.89. The van der Waals surface area contributed by atoms with Gasteiger partial charge in [-0.1, -0.05) is 46.9 Å². The number of rotatable bonds is 4. The van der Waals surface area contributed by atoms with E-state index in [1.165, 1.54) is 6.07 Å². The molecule has 1 aromatic carbocycles. The number of pyridine rings is 1. The van der Waals surface area contributed by atoms with Gasteiger partial charge in [0.2, 0.25) is 10.0 Å². The van der Waals surface area contributed by atoms with Gasteiger partial charge in [-0.2, -0.15) is 0 Å². The third-order valence-corrected chi connectivity index (χ3v) is 4.77. The highest BCUT2D eigenvalue weighted by atomic mass is 35.5. The number of nitrogens with zero attached hydrogens (tertiary/aromatic N) is 1. The molecule has 0 aliphatic heterocycles. The van der Waals surface area contributed by atoms with Gasteiger partial charge in [0.05, 0.1) is 5.02 Å². The Kier molecular flexibility index (Phi) is 4.88. The minimum atomic E-state index is -3.70. The van der Waals surface area contributed by atoms with Gasteiger partial charge in [-0.3, -0.25) is 0 Å². The molecule has 0 saturated heterocycles. The van der Waals surface area contributed by atoms with E-state index in [0.717, 1.165) is 11.8 Å². The Balaban J connectivity index is 2.14. The molecule has 0 amide bonds. The Morgan fingerprint density at radius 3 is 2.35 bits per heavy atom.